The summed E-state index contributed by atoms with van der Waals surface area (Å²) in [5.41, 5.74) is 1.22. The minimum atomic E-state index is 0.171. The molecule has 0 aromatic heterocycles. The highest BCUT2D eigenvalue weighted by Gasteiger charge is 2.31. The lowest BCUT2D eigenvalue weighted by Crippen LogP contribution is -2.30. The highest BCUT2D eigenvalue weighted by molar-refractivity contribution is 5.81. The molecule has 17 heavy (non-hydrogen) atoms. The van der Waals surface area contributed by atoms with Crippen molar-refractivity contribution < 1.29 is 4.79 Å². The molecule has 0 bridgehead atoms. The fraction of sp³-hybridized carbons (Fsp3) is 0.533. The molecule has 0 heterocycles. The van der Waals surface area contributed by atoms with Crippen molar-refractivity contribution in [2.24, 2.45) is 11.8 Å². The predicted octanol–water partition coefficient (Wildman–Crippen LogP) is 3.30. The van der Waals surface area contributed by atoms with Gasteiger partial charge in [0.1, 0.15) is 0 Å². The summed E-state index contributed by atoms with van der Waals surface area (Å²) in [7, 11) is 0. The Bertz CT molecular complexity index is 368. The summed E-state index contributed by atoms with van der Waals surface area (Å²) in [5.74, 6) is 1.10. The molecule has 1 aromatic rings. The first kappa shape index (κ1) is 12.2. The summed E-state index contributed by atoms with van der Waals surface area (Å²) < 4.78 is 0. The minimum Gasteiger partial charge on any atom is -0.349 e. The van der Waals surface area contributed by atoms with Gasteiger partial charge in [-0.15, -0.1) is 0 Å². The maximum Gasteiger partial charge on any atom is 0.223 e. The highest BCUT2D eigenvalue weighted by atomic mass is 16.2. The molecule has 0 spiro atoms. The van der Waals surface area contributed by atoms with Gasteiger partial charge in [0.15, 0.2) is 0 Å². The standard InChI is InChI=1S/C15H21NO/c1-11(2)10-14(12-6-4-3-5-7-12)16-15(17)13-8-9-13/h3-7,11,13-14H,8-10H2,1-2H3,(H,16,17)/t14-/m1/s1. The lowest BCUT2D eigenvalue weighted by Gasteiger charge is -2.21. The molecule has 0 saturated heterocycles. The Morgan fingerprint density at radius 3 is 2.47 bits per heavy atom. The second kappa shape index (κ2) is 5.35. The van der Waals surface area contributed by atoms with Crippen LogP contribution in [0, 0.1) is 11.8 Å². The van der Waals surface area contributed by atoms with E-state index in [4.69, 9.17) is 0 Å². The summed E-state index contributed by atoms with van der Waals surface area (Å²) in [5, 5.41) is 3.19. The third-order valence-electron chi connectivity index (χ3n) is 3.17. The zero-order valence-electron chi connectivity index (χ0n) is 10.6. The molecule has 1 N–H and O–H groups in total. The maximum atomic E-state index is 11.9. The van der Waals surface area contributed by atoms with Crippen LogP contribution in [-0.4, -0.2) is 5.91 Å². The van der Waals surface area contributed by atoms with Crippen molar-refractivity contribution in [3.05, 3.63) is 35.9 Å². The number of nitrogens with one attached hydrogen (secondary N) is 1. The topological polar surface area (TPSA) is 29.1 Å². The number of benzene rings is 1. The molecule has 0 aliphatic heterocycles. The van der Waals surface area contributed by atoms with Crippen LogP contribution in [0.25, 0.3) is 0 Å². The van der Waals surface area contributed by atoms with Crippen LogP contribution in [0.2, 0.25) is 0 Å². The average molecular weight is 231 g/mol. The van der Waals surface area contributed by atoms with Gasteiger partial charge >= 0.3 is 0 Å². The van der Waals surface area contributed by atoms with E-state index in [0.717, 1.165) is 19.3 Å². The van der Waals surface area contributed by atoms with Crippen LogP contribution in [0.3, 0.4) is 0 Å². The molecule has 2 nitrogen and oxygen atoms in total. The fourth-order valence-corrected chi connectivity index (χ4v) is 2.07. The van der Waals surface area contributed by atoms with E-state index in [2.05, 4.69) is 31.3 Å². The molecule has 1 saturated carbocycles. The van der Waals surface area contributed by atoms with Crippen LogP contribution < -0.4 is 5.32 Å². The van der Waals surface area contributed by atoms with Crippen molar-refractivity contribution in [3.63, 3.8) is 0 Å². The number of amides is 1. The van der Waals surface area contributed by atoms with Crippen molar-refractivity contribution in [2.45, 2.75) is 39.2 Å². The lowest BCUT2D eigenvalue weighted by atomic mass is 9.97. The van der Waals surface area contributed by atoms with Crippen LogP contribution in [0.4, 0.5) is 0 Å². The van der Waals surface area contributed by atoms with Crippen molar-refractivity contribution >= 4 is 5.91 Å². The van der Waals surface area contributed by atoms with Crippen LogP contribution in [0.1, 0.15) is 44.7 Å². The summed E-state index contributed by atoms with van der Waals surface area (Å²) in [4.78, 5) is 11.9. The van der Waals surface area contributed by atoms with Crippen LogP contribution in [0.5, 0.6) is 0 Å². The quantitative estimate of drug-likeness (QED) is 0.827. The van der Waals surface area contributed by atoms with E-state index in [1.165, 1.54) is 5.56 Å². The van der Waals surface area contributed by atoms with Gasteiger partial charge in [0, 0.05) is 5.92 Å². The molecule has 1 amide bonds. The fourth-order valence-electron chi connectivity index (χ4n) is 2.07. The van der Waals surface area contributed by atoms with Gasteiger partial charge in [-0.3, -0.25) is 4.79 Å². The molecule has 1 aromatic carbocycles. The van der Waals surface area contributed by atoms with Crippen molar-refractivity contribution in [3.8, 4) is 0 Å². The highest BCUT2D eigenvalue weighted by Crippen LogP contribution is 2.30. The summed E-state index contributed by atoms with van der Waals surface area (Å²) in [6.45, 7) is 4.39. The minimum absolute atomic E-state index is 0.171. The summed E-state index contributed by atoms with van der Waals surface area (Å²) in [6.07, 6.45) is 3.13. The maximum absolute atomic E-state index is 11.9. The first-order valence-corrected chi connectivity index (χ1v) is 6.52. The summed E-state index contributed by atoms with van der Waals surface area (Å²) >= 11 is 0. The van der Waals surface area contributed by atoms with Gasteiger partial charge in [-0.25, -0.2) is 0 Å². The van der Waals surface area contributed by atoms with Crippen LogP contribution >= 0.6 is 0 Å². The van der Waals surface area contributed by atoms with Crippen molar-refractivity contribution in [1.82, 2.24) is 5.32 Å². The monoisotopic (exact) mass is 231 g/mol. The number of carbonyl (C=O) groups is 1. The Morgan fingerprint density at radius 2 is 1.94 bits per heavy atom. The Hall–Kier alpha value is -1.31. The molecular formula is C15H21NO. The zero-order valence-corrected chi connectivity index (χ0v) is 10.6. The van der Waals surface area contributed by atoms with E-state index < -0.39 is 0 Å². The van der Waals surface area contributed by atoms with Crippen molar-refractivity contribution in [1.29, 1.82) is 0 Å². The van der Waals surface area contributed by atoms with E-state index in [1.54, 1.807) is 0 Å². The van der Waals surface area contributed by atoms with Gasteiger partial charge in [-0.05, 0) is 30.7 Å². The molecule has 2 heteroatoms. The average Bonchev–Trinajstić information content (AvgIpc) is 3.12. The first-order valence-electron chi connectivity index (χ1n) is 6.52. The molecule has 1 aliphatic rings. The van der Waals surface area contributed by atoms with E-state index >= 15 is 0 Å². The molecular weight excluding hydrogens is 210 g/mol. The van der Waals surface area contributed by atoms with E-state index in [-0.39, 0.29) is 17.9 Å². The molecule has 1 atom stereocenters. The number of hydrogen-bond acceptors (Lipinski definition) is 1. The van der Waals surface area contributed by atoms with Crippen LogP contribution in [-0.2, 0) is 4.79 Å². The van der Waals surface area contributed by atoms with Gasteiger partial charge in [-0.2, -0.15) is 0 Å². The molecule has 1 aliphatic carbocycles. The van der Waals surface area contributed by atoms with Gasteiger partial charge in [0.2, 0.25) is 5.91 Å². The zero-order chi connectivity index (χ0) is 12.3. The third-order valence-corrected chi connectivity index (χ3v) is 3.17. The van der Waals surface area contributed by atoms with Gasteiger partial charge < -0.3 is 5.32 Å². The van der Waals surface area contributed by atoms with E-state index in [0.29, 0.717) is 5.92 Å². The van der Waals surface area contributed by atoms with Gasteiger partial charge in [0.05, 0.1) is 6.04 Å². The number of hydrogen-bond donors (Lipinski definition) is 1. The molecule has 0 radical (unpaired) electrons. The largest absolute Gasteiger partial charge is 0.349 e. The number of carbonyl (C=O) groups excluding carboxylic acids is 1. The van der Waals surface area contributed by atoms with E-state index in [9.17, 15) is 4.79 Å². The second-order valence-electron chi connectivity index (χ2n) is 5.38. The van der Waals surface area contributed by atoms with E-state index in [1.807, 2.05) is 18.2 Å². The lowest BCUT2D eigenvalue weighted by molar-refractivity contribution is -0.123. The Labute approximate surface area is 103 Å². The number of rotatable bonds is 5. The Morgan fingerprint density at radius 1 is 1.29 bits per heavy atom. The molecule has 92 valence electrons. The van der Waals surface area contributed by atoms with Crippen molar-refractivity contribution in [2.75, 3.05) is 0 Å². The van der Waals surface area contributed by atoms with Crippen LogP contribution in [0.15, 0.2) is 30.3 Å². The Balaban J connectivity index is 2.04. The third kappa shape index (κ3) is 3.58. The van der Waals surface area contributed by atoms with Gasteiger partial charge in [-0.1, -0.05) is 44.2 Å². The first-order chi connectivity index (χ1) is 8.16. The van der Waals surface area contributed by atoms with Gasteiger partial charge in [0.25, 0.3) is 0 Å². The summed E-state index contributed by atoms with van der Waals surface area (Å²) in [6, 6.07) is 10.4. The molecule has 0 unspecified atom stereocenters. The smallest absolute Gasteiger partial charge is 0.223 e. The molecule has 1 fully saturated rings. The second-order valence-corrected chi connectivity index (χ2v) is 5.38. The predicted molar refractivity (Wildman–Crippen MR) is 69.5 cm³/mol. The normalized spacial score (nSPS) is 16.9. The SMILES string of the molecule is CC(C)C[C@@H](NC(=O)C1CC1)c1ccccc1. The molecule has 2 rings (SSSR count). The Kier molecular flexibility index (Phi) is 3.82.